The van der Waals surface area contributed by atoms with Gasteiger partial charge in [-0.05, 0) is 244 Å². The zero-order valence-electron chi connectivity index (χ0n) is 69.2. The fourth-order valence-electron chi connectivity index (χ4n) is 14.5. The number of nitrogens with zero attached hydrogens (tertiary/aromatic N) is 5. The molecular weight excluding hydrogens is 1380 g/mol. The van der Waals surface area contributed by atoms with Gasteiger partial charge in [0.25, 0.3) is 0 Å². The number of carboxylic acid groups (broad SMARTS) is 1. The van der Waals surface area contributed by atoms with Crippen molar-refractivity contribution in [3.63, 3.8) is 0 Å². The molecule has 22 heteroatoms. The number of aliphatic hydroxyl groups is 6. The minimum Gasteiger partial charge on any atom is -0.870 e. The number of aliphatic carboxylic acids is 1. The second-order valence-electron chi connectivity index (χ2n) is 28.4. The summed E-state index contributed by atoms with van der Waals surface area (Å²) in [5.74, 6) is 0.351. The summed E-state index contributed by atoms with van der Waals surface area (Å²) >= 11 is 0. The number of aryl methyl sites for hydroxylation is 12. The summed E-state index contributed by atoms with van der Waals surface area (Å²) < 4.78 is 9.40. The van der Waals surface area contributed by atoms with Crippen LogP contribution >= 0.6 is 0 Å². The van der Waals surface area contributed by atoms with Crippen molar-refractivity contribution in [3.05, 3.63) is 129 Å². The van der Waals surface area contributed by atoms with Gasteiger partial charge in [-0.1, -0.05) is 128 Å². The van der Waals surface area contributed by atoms with E-state index in [0.29, 0.717) is 88.4 Å². The van der Waals surface area contributed by atoms with E-state index in [2.05, 4.69) is 135 Å². The summed E-state index contributed by atoms with van der Waals surface area (Å²) in [6, 6.07) is 17.1. The zero-order valence-corrected chi connectivity index (χ0v) is 71.2. The zero-order chi connectivity index (χ0) is 78.0. The molecule has 610 valence electrons. The van der Waals surface area contributed by atoms with Gasteiger partial charge in [0.2, 0.25) is 0 Å². The van der Waals surface area contributed by atoms with Gasteiger partial charge in [0, 0.05) is 102 Å². The van der Waals surface area contributed by atoms with Crippen LogP contribution in [0.1, 0.15) is 293 Å². The van der Waals surface area contributed by atoms with Crippen LogP contribution in [0.2, 0.25) is 0 Å². The predicted octanol–water partition coefficient (Wildman–Crippen LogP) is 7.93. The van der Waals surface area contributed by atoms with Crippen LogP contribution in [-0.4, -0.2) is 160 Å². The fraction of sp³-hybridized carbons (Fsp3) is 0.701. The van der Waals surface area contributed by atoms with E-state index in [0.717, 1.165) is 199 Å². The third-order valence-electron chi connectivity index (χ3n) is 20.5. The first kappa shape index (κ1) is 109. The maximum atomic E-state index is 12.1. The van der Waals surface area contributed by atoms with E-state index in [-0.39, 0.29) is 118 Å². The number of Topliss-reactive ketones (excluding diaryl/α,β-unsaturated/α-hetero) is 2. The first-order valence-corrected chi connectivity index (χ1v) is 40.4. The van der Waals surface area contributed by atoms with Gasteiger partial charge < -0.3 is 55.8 Å². The number of aliphatic hydroxyl groups excluding tert-OH is 4. The molecule has 4 fully saturated rings. The number of hydrogen-bond donors (Lipinski definition) is 7. The minimum atomic E-state index is -1.08. The summed E-state index contributed by atoms with van der Waals surface area (Å²) in [4.78, 5) is 67.7. The van der Waals surface area contributed by atoms with Gasteiger partial charge in [-0.2, -0.15) is 0 Å². The average Bonchev–Trinajstić information content (AvgIpc) is 1.80. The molecule has 0 saturated heterocycles. The molecule has 0 amide bonds. The Balaban J connectivity index is -0.00000126. The van der Waals surface area contributed by atoms with E-state index < -0.39 is 23.1 Å². The molecule has 20 nitrogen and oxygen atoms in total. The Morgan fingerprint density at radius 3 is 0.927 bits per heavy atom. The molecular formula is C87H145LiN5NaO15. The molecule has 4 aromatic heterocycles. The van der Waals surface area contributed by atoms with E-state index in [9.17, 15) is 39.6 Å². The van der Waals surface area contributed by atoms with E-state index in [1.54, 1.807) is 18.7 Å². The maximum Gasteiger partial charge on any atom is 1.00 e. The largest absolute Gasteiger partial charge is 1.00 e. The molecule has 2 unspecified atom stereocenters. The van der Waals surface area contributed by atoms with Crippen molar-refractivity contribution in [1.29, 1.82) is 0 Å². The molecule has 109 heavy (non-hydrogen) atoms. The third kappa shape index (κ3) is 44.7. The summed E-state index contributed by atoms with van der Waals surface area (Å²) in [5.41, 5.74) is 11.9. The summed E-state index contributed by atoms with van der Waals surface area (Å²) in [6.45, 7) is 27.9. The molecule has 0 spiro atoms. The standard InChI is InChI=1S/C21H33NO3.C19H29NO3.2C17H25NO.C6H15NO3.C4H8O2.C2H6O.CH4.Li.Na.H2O/c1-4-18-13-16(14-19(5-2)22-18)11-12-21(24,15-20(23)25-6-3)17-9-7-8-10-17;1-3-16-11-14(12-17(4-2)20-16)9-10-19(23,13-18(21)22)15-7-5-6-8-15;2*1-3-15-11-13(12-16(4-2)18-15)9-10-17(19)14-7-5-6-8-14;8-4-1-7(2-5-9)3-6-10;1-3-6-4(2)5;1-2-3;;;;/h13-14,17,24H,4-12,15H2,1-3H3;11-12,15,23H,3-10,13H2,1-2H3,(H,21,22);2*11-12,14H,3-10H2,1-2H3;8-10H,1-6H2;5H,2-3H2,1H3;3H,2H2,1H3;1H4;;;1H2/q;;;;;;;;2*+1;/p-2. The van der Waals surface area contributed by atoms with Crippen LogP contribution in [0.4, 0.5) is 0 Å². The van der Waals surface area contributed by atoms with Crippen LogP contribution in [0.15, 0.2) is 61.1 Å². The van der Waals surface area contributed by atoms with Crippen LogP contribution in [0.25, 0.3) is 0 Å². The number of esters is 1. The topological polar surface area (TPSA) is 336 Å². The molecule has 2 atom stereocenters. The number of ketones is 2. The molecule has 8 rings (SSSR count). The second-order valence-corrected chi connectivity index (χ2v) is 28.4. The van der Waals surface area contributed by atoms with Gasteiger partial charge in [-0.25, -0.2) is 0 Å². The number of rotatable bonds is 37. The van der Waals surface area contributed by atoms with Crippen molar-refractivity contribution in [3.8, 4) is 0 Å². The van der Waals surface area contributed by atoms with Crippen molar-refractivity contribution in [2.45, 2.75) is 313 Å². The van der Waals surface area contributed by atoms with Crippen molar-refractivity contribution in [1.82, 2.24) is 24.8 Å². The predicted molar refractivity (Wildman–Crippen MR) is 426 cm³/mol. The Morgan fingerprint density at radius 2 is 0.706 bits per heavy atom. The van der Waals surface area contributed by atoms with Crippen molar-refractivity contribution in [2.24, 2.45) is 23.7 Å². The summed E-state index contributed by atoms with van der Waals surface area (Å²) in [6.07, 6.45) is 31.1. The molecule has 0 bridgehead atoms. The number of carboxylic acids is 1. The number of pyridine rings is 4. The van der Waals surface area contributed by atoms with Gasteiger partial charge in [0.05, 0.1) is 50.5 Å². The van der Waals surface area contributed by atoms with Crippen LogP contribution in [0.3, 0.4) is 0 Å². The Kier molecular flexibility index (Phi) is 63.6. The SMILES string of the molecule is C.C=C([O-])OCC.CCO.CCOC(=O)CC(O)(CCc1cc(CC)nc(CC)c1)C1CCCC1.CCc1cc(CCC(=O)C2CCCC2)cc(CC)n1.CCc1cc(CCC(=O)C2CCCC2)cc(CC)n1.CCc1cc(CCC(O)(CC(=O)O)C2CCCC2)cc(CC)n1.OCCN(CCO)CCO.[Li+].[Na+].[OH-]. The molecule has 8 N–H and O–H groups in total. The number of carbonyl (C=O) groups excluding carboxylic acids is 3. The molecule has 4 aromatic rings. The van der Waals surface area contributed by atoms with Crippen LogP contribution in [0.5, 0.6) is 0 Å². The minimum absolute atomic E-state index is 0. The van der Waals surface area contributed by atoms with Crippen LogP contribution < -0.4 is 53.5 Å². The quantitative estimate of drug-likeness (QED) is 0.0128. The van der Waals surface area contributed by atoms with Crippen molar-refractivity contribution in [2.75, 3.05) is 59.3 Å². The summed E-state index contributed by atoms with van der Waals surface area (Å²) in [5, 5.41) is 74.2. The molecule has 0 radical (unpaired) electrons. The number of hydrogen-bond acceptors (Lipinski definition) is 19. The monoisotopic (exact) mass is 1530 g/mol. The maximum absolute atomic E-state index is 12.1. The normalized spacial score (nSPS) is 14.9. The second kappa shape index (κ2) is 63.8. The number of aromatic nitrogens is 4. The van der Waals surface area contributed by atoms with Gasteiger partial charge >= 0.3 is 60.4 Å². The smallest absolute Gasteiger partial charge is 0.870 e. The molecule has 4 aliphatic carbocycles. The molecule has 0 aromatic carbocycles. The Hall–Kier alpha value is -4.50. The van der Waals surface area contributed by atoms with Gasteiger partial charge in [0.15, 0.2) is 0 Å². The molecule has 4 heterocycles. The Labute approximate surface area is 691 Å². The van der Waals surface area contributed by atoms with Gasteiger partial charge in [0.1, 0.15) is 11.6 Å². The average molecular weight is 1530 g/mol. The van der Waals surface area contributed by atoms with Crippen molar-refractivity contribution >= 4 is 23.5 Å². The number of ether oxygens (including phenoxy) is 2. The molecule has 4 saturated carbocycles. The Bertz CT molecular complexity index is 2880. The van der Waals surface area contributed by atoms with E-state index in [1.165, 1.54) is 42.4 Å². The summed E-state index contributed by atoms with van der Waals surface area (Å²) in [7, 11) is 0. The number of carbonyl (C=O) groups is 4. The van der Waals surface area contributed by atoms with Crippen LogP contribution in [-0.2, 0) is 106 Å². The third-order valence-corrected chi connectivity index (χ3v) is 20.5. The molecule has 0 aliphatic heterocycles. The fourth-order valence-corrected chi connectivity index (χ4v) is 14.5. The molecule has 4 aliphatic rings. The van der Waals surface area contributed by atoms with E-state index in [4.69, 9.17) is 25.2 Å². The van der Waals surface area contributed by atoms with Gasteiger partial charge in [-0.15, -0.1) is 0 Å². The van der Waals surface area contributed by atoms with Gasteiger partial charge in [-0.3, -0.25) is 44.0 Å². The first-order chi connectivity index (χ1) is 50.4. The van der Waals surface area contributed by atoms with Crippen LogP contribution in [0, 0.1) is 23.7 Å². The van der Waals surface area contributed by atoms with Crippen molar-refractivity contribution < 1.29 is 123 Å². The van der Waals surface area contributed by atoms with E-state index in [1.807, 2.05) is 6.92 Å². The Morgan fingerprint density at radius 1 is 0.459 bits per heavy atom. The van der Waals surface area contributed by atoms with E-state index >= 15 is 0 Å². The first-order valence-electron chi connectivity index (χ1n) is 40.4.